The quantitative estimate of drug-likeness (QED) is 0.661. The summed E-state index contributed by atoms with van der Waals surface area (Å²) in [6, 6.07) is 11.6. The minimum atomic E-state index is 0.605. The zero-order valence-electron chi connectivity index (χ0n) is 13.4. The number of rotatable bonds is 7. The number of nitrogens with zero attached hydrogens (tertiary/aromatic N) is 2. The van der Waals surface area contributed by atoms with Crippen molar-refractivity contribution >= 4 is 0 Å². The molecular formula is C18H20N2O3. The van der Waals surface area contributed by atoms with E-state index in [1.54, 1.807) is 12.5 Å². The molecule has 5 nitrogen and oxygen atoms in total. The van der Waals surface area contributed by atoms with Crippen LogP contribution in [-0.2, 0) is 13.1 Å². The zero-order chi connectivity index (χ0) is 16.1. The van der Waals surface area contributed by atoms with Crippen molar-refractivity contribution < 1.29 is 13.6 Å². The predicted molar refractivity (Wildman–Crippen MR) is 87.0 cm³/mol. The maximum atomic E-state index is 5.60. The van der Waals surface area contributed by atoms with Crippen molar-refractivity contribution in [3.05, 3.63) is 60.4 Å². The van der Waals surface area contributed by atoms with Crippen molar-refractivity contribution in [2.75, 3.05) is 13.7 Å². The molecular weight excluding hydrogens is 292 g/mol. The largest absolute Gasteiger partial charge is 0.494 e. The first-order valence-corrected chi connectivity index (χ1v) is 7.63. The molecule has 0 saturated carbocycles. The standard InChI is InChI=1S/C18H20N2O3/c1-3-21-16-7-4-6-14(10-16)18-19-15(13-23-18)11-20(2)12-17-8-5-9-22-17/h4-10,13H,3,11-12H2,1-2H3. The molecule has 2 aromatic heterocycles. The monoisotopic (exact) mass is 312 g/mol. The van der Waals surface area contributed by atoms with E-state index in [1.807, 2.05) is 50.4 Å². The molecule has 0 bridgehead atoms. The van der Waals surface area contributed by atoms with E-state index in [0.717, 1.165) is 29.3 Å². The predicted octanol–water partition coefficient (Wildman–Crippen LogP) is 3.97. The molecule has 2 heterocycles. The summed E-state index contributed by atoms with van der Waals surface area (Å²) < 4.78 is 16.5. The molecule has 0 unspecified atom stereocenters. The van der Waals surface area contributed by atoms with Gasteiger partial charge in [-0.2, -0.15) is 0 Å². The summed E-state index contributed by atoms with van der Waals surface area (Å²) in [7, 11) is 2.02. The smallest absolute Gasteiger partial charge is 0.226 e. The van der Waals surface area contributed by atoms with Gasteiger partial charge in [0.05, 0.1) is 25.1 Å². The van der Waals surface area contributed by atoms with Crippen LogP contribution in [0, 0.1) is 0 Å². The van der Waals surface area contributed by atoms with Crippen LogP contribution in [0.4, 0.5) is 0 Å². The van der Waals surface area contributed by atoms with Crippen molar-refractivity contribution in [3.8, 4) is 17.2 Å². The second-order valence-electron chi connectivity index (χ2n) is 5.36. The fourth-order valence-electron chi connectivity index (χ4n) is 2.40. The second kappa shape index (κ2) is 7.15. The van der Waals surface area contributed by atoms with E-state index in [9.17, 15) is 0 Å². The molecule has 0 aliphatic carbocycles. The van der Waals surface area contributed by atoms with Gasteiger partial charge in [-0.25, -0.2) is 4.98 Å². The maximum Gasteiger partial charge on any atom is 0.226 e. The lowest BCUT2D eigenvalue weighted by Gasteiger charge is -2.12. The minimum Gasteiger partial charge on any atom is -0.494 e. The maximum absolute atomic E-state index is 5.60. The van der Waals surface area contributed by atoms with Crippen LogP contribution in [0.3, 0.4) is 0 Å². The molecule has 3 aromatic rings. The summed E-state index contributed by atoms with van der Waals surface area (Å²) in [6.45, 7) is 4.02. The Balaban J connectivity index is 1.66. The summed E-state index contributed by atoms with van der Waals surface area (Å²) in [5, 5.41) is 0. The molecule has 0 N–H and O–H groups in total. The van der Waals surface area contributed by atoms with Crippen molar-refractivity contribution in [3.63, 3.8) is 0 Å². The van der Waals surface area contributed by atoms with Crippen molar-refractivity contribution in [2.45, 2.75) is 20.0 Å². The number of hydrogen-bond acceptors (Lipinski definition) is 5. The zero-order valence-corrected chi connectivity index (χ0v) is 13.4. The van der Waals surface area contributed by atoms with Gasteiger partial charge in [-0.3, -0.25) is 4.90 Å². The van der Waals surface area contributed by atoms with E-state index in [-0.39, 0.29) is 0 Å². The van der Waals surface area contributed by atoms with Gasteiger partial charge < -0.3 is 13.6 Å². The summed E-state index contributed by atoms with van der Waals surface area (Å²) in [6.07, 6.45) is 3.38. The first-order valence-electron chi connectivity index (χ1n) is 7.63. The van der Waals surface area contributed by atoms with E-state index in [4.69, 9.17) is 13.6 Å². The highest BCUT2D eigenvalue weighted by Gasteiger charge is 2.10. The third-order valence-corrected chi connectivity index (χ3v) is 3.38. The third kappa shape index (κ3) is 4.02. The Kier molecular flexibility index (Phi) is 4.78. The van der Waals surface area contributed by atoms with E-state index < -0.39 is 0 Å². The van der Waals surface area contributed by atoms with E-state index in [2.05, 4.69) is 9.88 Å². The van der Waals surface area contributed by atoms with Crippen molar-refractivity contribution in [1.29, 1.82) is 0 Å². The Morgan fingerprint density at radius 2 is 2.04 bits per heavy atom. The number of ether oxygens (including phenoxy) is 1. The van der Waals surface area contributed by atoms with Crippen LogP contribution in [0.25, 0.3) is 11.5 Å². The van der Waals surface area contributed by atoms with Crippen LogP contribution in [0.15, 0.2) is 57.8 Å². The highest BCUT2D eigenvalue weighted by atomic mass is 16.5. The van der Waals surface area contributed by atoms with Crippen LogP contribution >= 0.6 is 0 Å². The van der Waals surface area contributed by atoms with Crippen molar-refractivity contribution in [1.82, 2.24) is 9.88 Å². The Morgan fingerprint density at radius 3 is 2.83 bits per heavy atom. The molecule has 3 rings (SSSR count). The number of hydrogen-bond donors (Lipinski definition) is 0. The highest BCUT2D eigenvalue weighted by molar-refractivity contribution is 5.56. The molecule has 0 radical (unpaired) electrons. The summed E-state index contributed by atoms with van der Waals surface area (Å²) in [5.41, 5.74) is 1.80. The molecule has 0 spiro atoms. The Morgan fingerprint density at radius 1 is 1.13 bits per heavy atom. The number of aromatic nitrogens is 1. The fourth-order valence-corrected chi connectivity index (χ4v) is 2.40. The van der Waals surface area contributed by atoms with Gasteiger partial charge >= 0.3 is 0 Å². The van der Waals surface area contributed by atoms with E-state index >= 15 is 0 Å². The number of oxazole rings is 1. The molecule has 1 aromatic carbocycles. The van der Waals surface area contributed by atoms with Gasteiger partial charge in [0.25, 0.3) is 0 Å². The lowest BCUT2D eigenvalue weighted by Crippen LogP contribution is -2.17. The molecule has 0 atom stereocenters. The fraction of sp³-hybridized carbons (Fsp3) is 0.278. The SMILES string of the molecule is CCOc1cccc(-c2nc(CN(C)Cc3ccco3)co2)c1. The third-order valence-electron chi connectivity index (χ3n) is 3.38. The van der Waals surface area contributed by atoms with Gasteiger partial charge in [0.15, 0.2) is 0 Å². The molecule has 0 aliphatic rings. The first-order chi connectivity index (χ1) is 11.2. The van der Waals surface area contributed by atoms with Crippen molar-refractivity contribution in [2.24, 2.45) is 0 Å². The average Bonchev–Trinajstić information content (AvgIpc) is 3.20. The van der Waals surface area contributed by atoms with Crippen LogP contribution in [0.2, 0.25) is 0 Å². The van der Waals surface area contributed by atoms with E-state index in [1.165, 1.54) is 0 Å². The van der Waals surface area contributed by atoms with Gasteiger partial charge in [-0.15, -0.1) is 0 Å². The van der Waals surface area contributed by atoms with Crippen LogP contribution < -0.4 is 4.74 Å². The van der Waals surface area contributed by atoms with Gasteiger partial charge in [0.1, 0.15) is 17.8 Å². The number of furan rings is 1. The molecule has 0 saturated heterocycles. The Bertz CT molecular complexity index is 734. The molecule has 0 fully saturated rings. The molecule has 5 heteroatoms. The summed E-state index contributed by atoms with van der Waals surface area (Å²) in [5.74, 6) is 2.35. The van der Waals surface area contributed by atoms with Gasteiger partial charge in [0, 0.05) is 12.1 Å². The first kappa shape index (κ1) is 15.4. The highest BCUT2D eigenvalue weighted by Crippen LogP contribution is 2.23. The van der Waals surface area contributed by atoms with Gasteiger partial charge in [0.2, 0.25) is 5.89 Å². The minimum absolute atomic E-state index is 0.605. The Labute approximate surface area is 135 Å². The van der Waals surface area contributed by atoms with Crippen LogP contribution in [-0.4, -0.2) is 23.5 Å². The second-order valence-corrected chi connectivity index (χ2v) is 5.36. The van der Waals surface area contributed by atoms with Gasteiger partial charge in [-0.05, 0) is 44.3 Å². The average molecular weight is 312 g/mol. The van der Waals surface area contributed by atoms with Gasteiger partial charge in [-0.1, -0.05) is 6.07 Å². The normalized spacial score (nSPS) is 11.1. The summed E-state index contributed by atoms with van der Waals surface area (Å²) in [4.78, 5) is 6.68. The molecule has 23 heavy (non-hydrogen) atoms. The van der Waals surface area contributed by atoms with E-state index in [0.29, 0.717) is 19.0 Å². The van der Waals surface area contributed by atoms with Crippen LogP contribution in [0.5, 0.6) is 5.75 Å². The molecule has 120 valence electrons. The summed E-state index contributed by atoms with van der Waals surface area (Å²) >= 11 is 0. The topological polar surface area (TPSA) is 51.6 Å². The molecule has 0 amide bonds. The molecule has 0 aliphatic heterocycles. The van der Waals surface area contributed by atoms with Crippen LogP contribution in [0.1, 0.15) is 18.4 Å². The lowest BCUT2D eigenvalue weighted by atomic mass is 10.2. The lowest BCUT2D eigenvalue weighted by molar-refractivity contribution is 0.284. The number of benzene rings is 1. The Hall–Kier alpha value is -2.53.